The van der Waals surface area contributed by atoms with Crippen molar-refractivity contribution in [2.24, 2.45) is 5.92 Å². The molecule has 1 N–H and O–H groups in total. The van der Waals surface area contributed by atoms with E-state index in [9.17, 15) is 9.18 Å². The molecular weight excluding hydrogens is 205 g/mol. The molecule has 0 aliphatic heterocycles. The highest BCUT2D eigenvalue weighted by Crippen LogP contribution is 2.28. The van der Waals surface area contributed by atoms with Crippen molar-refractivity contribution in [1.82, 2.24) is 5.32 Å². The second-order valence-corrected chi connectivity index (χ2v) is 3.77. The van der Waals surface area contributed by atoms with Gasteiger partial charge in [0.05, 0.1) is 12.1 Å². The second kappa shape index (κ2) is 4.80. The van der Waals surface area contributed by atoms with Crippen LogP contribution in [0.3, 0.4) is 0 Å². The maximum absolute atomic E-state index is 13.1. The van der Waals surface area contributed by atoms with Gasteiger partial charge in [-0.05, 0) is 25.0 Å². The van der Waals surface area contributed by atoms with E-state index in [0.29, 0.717) is 5.56 Å². The molecule has 0 unspecified atom stereocenters. The molecule has 0 heterocycles. The number of rotatable bonds is 2. The van der Waals surface area contributed by atoms with Gasteiger partial charge in [0.2, 0.25) is 5.91 Å². The lowest BCUT2D eigenvalue weighted by molar-refractivity contribution is -0.122. The molecule has 1 aromatic rings. The van der Waals surface area contributed by atoms with Gasteiger partial charge in [-0.2, -0.15) is 0 Å². The van der Waals surface area contributed by atoms with Gasteiger partial charge in [0.25, 0.3) is 0 Å². The van der Waals surface area contributed by atoms with E-state index in [1.54, 1.807) is 18.2 Å². The Morgan fingerprint density at radius 3 is 2.88 bits per heavy atom. The Morgan fingerprint density at radius 2 is 2.19 bits per heavy atom. The SMILES string of the molecule is O=C(NCC#Cc1ccccc1F)C1CC1. The van der Waals surface area contributed by atoms with Crippen LogP contribution in [0.15, 0.2) is 24.3 Å². The molecule has 0 bridgehead atoms. The summed E-state index contributed by atoms with van der Waals surface area (Å²) in [5, 5.41) is 2.70. The summed E-state index contributed by atoms with van der Waals surface area (Å²) in [5.74, 6) is 5.34. The predicted octanol–water partition coefficient (Wildman–Crippen LogP) is 1.70. The first kappa shape index (κ1) is 10.7. The Bertz CT molecular complexity index is 454. The van der Waals surface area contributed by atoms with Crippen molar-refractivity contribution in [3.63, 3.8) is 0 Å². The molecule has 1 saturated carbocycles. The third-order valence-electron chi connectivity index (χ3n) is 2.40. The summed E-state index contributed by atoms with van der Waals surface area (Å²) >= 11 is 0. The van der Waals surface area contributed by atoms with Gasteiger partial charge in [0, 0.05) is 5.92 Å². The molecule has 1 amide bonds. The summed E-state index contributed by atoms with van der Waals surface area (Å²) in [6.45, 7) is 0.281. The quantitative estimate of drug-likeness (QED) is 0.751. The third kappa shape index (κ3) is 2.83. The van der Waals surface area contributed by atoms with Gasteiger partial charge in [0.15, 0.2) is 0 Å². The van der Waals surface area contributed by atoms with E-state index in [1.807, 2.05) is 0 Å². The van der Waals surface area contributed by atoms with Crippen molar-refractivity contribution >= 4 is 5.91 Å². The predicted molar refractivity (Wildman–Crippen MR) is 59.0 cm³/mol. The molecule has 0 radical (unpaired) electrons. The third-order valence-corrected chi connectivity index (χ3v) is 2.40. The molecule has 0 saturated heterocycles. The number of amides is 1. The zero-order chi connectivity index (χ0) is 11.4. The molecule has 2 rings (SSSR count). The van der Waals surface area contributed by atoms with Crippen LogP contribution >= 0.6 is 0 Å². The van der Waals surface area contributed by atoms with Crippen molar-refractivity contribution in [3.8, 4) is 11.8 Å². The number of carbonyl (C=O) groups excluding carboxylic acids is 1. The number of hydrogen-bond acceptors (Lipinski definition) is 1. The Hall–Kier alpha value is -1.82. The molecule has 1 aromatic carbocycles. The average Bonchev–Trinajstić information content (AvgIpc) is 3.10. The fraction of sp³-hybridized carbons (Fsp3) is 0.308. The molecule has 0 aromatic heterocycles. The Balaban J connectivity index is 1.85. The average molecular weight is 217 g/mol. The Labute approximate surface area is 93.9 Å². The van der Waals surface area contributed by atoms with E-state index >= 15 is 0 Å². The second-order valence-electron chi connectivity index (χ2n) is 3.77. The van der Waals surface area contributed by atoms with Crippen molar-refractivity contribution in [3.05, 3.63) is 35.6 Å². The van der Waals surface area contributed by atoms with Gasteiger partial charge in [-0.3, -0.25) is 4.79 Å². The van der Waals surface area contributed by atoms with E-state index in [4.69, 9.17) is 0 Å². The topological polar surface area (TPSA) is 29.1 Å². The lowest BCUT2D eigenvalue weighted by Crippen LogP contribution is -2.24. The van der Waals surface area contributed by atoms with Gasteiger partial charge in [-0.25, -0.2) is 4.39 Å². The first-order valence-corrected chi connectivity index (χ1v) is 5.28. The number of nitrogens with one attached hydrogen (secondary N) is 1. The van der Waals surface area contributed by atoms with Gasteiger partial charge < -0.3 is 5.32 Å². The van der Waals surface area contributed by atoms with Crippen LogP contribution in [0, 0.1) is 23.6 Å². The van der Waals surface area contributed by atoms with Crippen LogP contribution in [-0.2, 0) is 4.79 Å². The molecule has 2 nitrogen and oxygen atoms in total. The monoisotopic (exact) mass is 217 g/mol. The van der Waals surface area contributed by atoms with Gasteiger partial charge in [-0.15, -0.1) is 0 Å². The smallest absolute Gasteiger partial charge is 0.223 e. The normalized spacial score (nSPS) is 13.8. The fourth-order valence-electron chi connectivity index (χ4n) is 1.32. The highest BCUT2D eigenvalue weighted by Gasteiger charge is 2.28. The Morgan fingerprint density at radius 1 is 1.44 bits per heavy atom. The van der Waals surface area contributed by atoms with Crippen molar-refractivity contribution in [2.45, 2.75) is 12.8 Å². The zero-order valence-corrected chi connectivity index (χ0v) is 8.79. The summed E-state index contributed by atoms with van der Waals surface area (Å²) in [5.41, 5.74) is 0.364. The molecule has 1 fully saturated rings. The number of carbonyl (C=O) groups is 1. The summed E-state index contributed by atoms with van der Waals surface area (Å²) in [6.07, 6.45) is 1.96. The highest BCUT2D eigenvalue weighted by molar-refractivity contribution is 5.81. The molecule has 0 atom stereocenters. The van der Waals surface area contributed by atoms with Crippen molar-refractivity contribution in [1.29, 1.82) is 0 Å². The molecule has 82 valence electrons. The molecular formula is C13H12FNO. The van der Waals surface area contributed by atoms with Crippen LogP contribution in [0.5, 0.6) is 0 Å². The standard InChI is InChI=1S/C13H12FNO/c14-12-6-2-1-4-10(12)5-3-9-15-13(16)11-7-8-11/h1-2,4,6,11H,7-9H2,(H,15,16). The van der Waals surface area contributed by atoms with Crippen LogP contribution in [0.4, 0.5) is 4.39 Å². The van der Waals surface area contributed by atoms with E-state index in [0.717, 1.165) is 12.8 Å². The minimum Gasteiger partial charge on any atom is -0.345 e. The van der Waals surface area contributed by atoms with Crippen molar-refractivity contribution < 1.29 is 9.18 Å². The van der Waals surface area contributed by atoms with Crippen LogP contribution < -0.4 is 5.32 Å². The van der Waals surface area contributed by atoms with E-state index < -0.39 is 0 Å². The van der Waals surface area contributed by atoms with Crippen molar-refractivity contribution in [2.75, 3.05) is 6.54 Å². The molecule has 16 heavy (non-hydrogen) atoms. The maximum atomic E-state index is 13.1. The van der Waals surface area contributed by atoms with Gasteiger partial charge >= 0.3 is 0 Å². The Kier molecular flexibility index (Phi) is 3.21. The van der Waals surface area contributed by atoms with Crippen LogP contribution in [0.1, 0.15) is 18.4 Å². The molecule has 1 aliphatic rings. The number of halogens is 1. The van der Waals surface area contributed by atoms with E-state index in [1.165, 1.54) is 6.07 Å². The minimum absolute atomic E-state index is 0.0582. The largest absolute Gasteiger partial charge is 0.345 e. The maximum Gasteiger partial charge on any atom is 0.223 e. The lowest BCUT2D eigenvalue weighted by Gasteiger charge is -1.96. The van der Waals surface area contributed by atoms with E-state index in [-0.39, 0.29) is 24.2 Å². The fourth-order valence-corrected chi connectivity index (χ4v) is 1.32. The summed E-state index contributed by atoms with van der Waals surface area (Å²) in [4.78, 5) is 11.2. The highest BCUT2D eigenvalue weighted by atomic mass is 19.1. The van der Waals surface area contributed by atoms with Crippen LogP contribution in [0.2, 0.25) is 0 Å². The van der Waals surface area contributed by atoms with Crippen LogP contribution in [-0.4, -0.2) is 12.5 Å². The van der Waals surface area contributed by atoms with Crippen LogP contribution in [0.25, 0.3) is 0 Å². The van der Waals surface area contributed by atoms with Gasteiger partial charge in [0.1, 0.15) is 5.82 Å². The lowest BCUT2D eigenvalue weighted by atomic mass is 10.2. The van der Waals surface area contributed by atoms with E-state index in [2.05, 4.69) is 17.2 Å². The molecule has 3 heteroatoms. The molecule has 0 spiro atoms. The first-order valence-electron chi connectivity index (χ1n) is 5.28. The number of benzene rings is 1. The summed E-state index contributed by atoms with van der Waals surface area (Å²) < 4.78 is 13.1. The first-order chi connectivity index (χ1) is 7.77. The van der Waals surface area contributed by atoms with Gasteiger partial charge in [-0.1, -0.05) is 24.0 Å². The zero-order valence-electron chi connectivity index (χ0n) is 8.79. The summed E-state index contributed by atoms with van der Waals surface area (Å²) in [6, 6.07) is 6.34. The minimum atomic E-state index is -0.330. The molecule has 1 aliphatic carbocycles. The summed E-state index contributed by atoms with van der Waals surface area (Å²) in [7, 11) is 0. The number of hydrogen-bond donors (Lipinski definition) is 1.